The second-order valence-corrected chi connectivity index (χ2v) is 5.03. The SMILES string of the molecule is CCC1=NOC2(CC[N+](C)(C)C2)C1. The molecule has 1 unspecified atom stereocenters. The van der Waals surface area contributed by atoms with Crippen molar-refractivity contribution in [1.29, 1.82) is 0 Å². The number of hydrogen-bond acceptors (Lipinski definition) is 2. The van der Waals surface area contributed by atoms with Crippen LogP contribution >= 0.6 is 0 Å². The number of quaternary nitrogens is 1. The Balaban J connectivity index is 2.04. The molecule has 0 bridgehead atoms. The summed E-state index contributed by atoms with van der Waals surface area (Å²) in [7, 11) is 4.53. The summed E-state index contributed by atoms with van der Waals surface area (Å²) in [5.41, 5.74) is 1.30. The van der Waals surface area contributed by atoms with Gasteiger partial charge in [0.15, 0.2) is 5.60 Å². The van der Waals surface area contributed by atoms with E-state index in [0.29, 0.717) is 0 Å². The second-order valence-electron chi connectivity index (χ2n) is 5.03. The molecule has 3 nitrogen and oxygen atoms in total. The normalized spacial score (nSPS) is 36.4. The predicted molar refractivity (Wildman–Crippen MR) is 52.6 cm³/mol. The van der Waals surface area contributed by atoms with Crippen molar-refractivity contribution in [2.45, 2.75) is 31.8 Å². The third-order valence-corrected chi connectivity index (χ3v) is 3.19. The quantitative estimate of drug-likeness (QED) is 0.563. The predicted octanol–water partition coefficient (Wildman–Crippen LogP) is 1.39. The minimum absolute atomic E-state index is 0.0643. The molecule has 1 saturated heterocycles. The summed E-state index contributed by atoms with van der Waals surface area (Å²) in [6, 6.07) is 0. The topological polar surface area (TPSA) is 21.6 Å². The van der Waals surface area contributed by atoms with Gasteiger partial charge in [0.25, 0.3) is 0 Å². The largest absolute Gasteiger partial charge is 0.383 e. The molecule has 2 aliphatic rings. The van der Waals surface area contributed by atoms with E-state index in [1.54, 1.807) is 0 Å². The molecule has 1 fully saturated rings. The van der Waals surface area contributed by atoms with E-state index >= 15 is 0 Å². The Hall–Kier alpha value is -0.570. The van der Waals surface area contributed by atoms with Crippen molar-refractivity contribution in [1.82, 2.24) is 0 Å². The lowest BCUT2D eigenvalue weighted by molar-refractivity contribution is -0.880. The second kappa shape index (κ2) is 2.71. The lowest BCUT2D eigenvalue weighted by atomic mass is 9.96. The van der Waals surface area contributed by atoms with Crippen LogP contribution in [0.15, 0.2) is 5.16 Å². The first-order chi connectivity index (χ1) is 6.05. The summed E-state index contributed by atoms with van der Waals surface area (Å²) in [6.45, 7) is 4.47. The fourth-order valence-electron chi connectivity index (χ4n) is 2.45. The van der Waals surface area contributed by atoms with E-state index < -0.39 is 0 Å². The Kier molecular flexibility index (Phi) is 1.88. The van der Waals surface area contributed by atoms with Crippen LogP contribution in [0.5, 0.6) is 0 Å². The summed E-state index contributed by atoms with van der Waals surface area (Å²) >= 11 is 0. The molecule has 0 N–H and O–H groups in total. The summed E-state index contributed by atoms with van der Waals surface area (Å²) in [5, 5.41) is 4.16. The van der Waals surface area contributed by atoms with Crippen molar-refractivity contribution in [2.24, 2.45) is 5.16 Å². The van der Waals surface area contributed by atoms with Crippen LogP contribution in [0.3, 0.4) is 0 Å². The van der Waals surface area contributed by atoms with Crippen LogP contribution in [0.2, 0.25) is 0 Å². The number of nitrogens with zero attached hydrogens (tertiary/aromatic N) is 2. The molecule has 0 aromatic rings. The molecule has 0 aromatic carbocycles. The summed E-state index contributed by atoms with van der Waals surface area (Å²) in [4.78, 5) is 5.61. The van der Waals surface area contributed by atoms with E-state index in [2.05, 4.69) is 26.2 Å². The molecule has 1 spiro atoms. The molecular formula is C10H19N2O+. The Bertz CT molecular complexity index is 247. The Labute approximate surface area is 79.9 Å². The van der Waals surface area contributed by atoms with Gasteiger partial charge in [0.05, 0.1) is 26.4 Å². The lowest BCUT2D eigenvalue weighted by Gasteiger charge is -2.25. The molecule has 2 aliphatic heterocycles. The third-order valence-electron chi connectivity index (χ3n) is 3.19. The standard InChI is InChI=1S/C10H19N2O/c1-4-9-7-10(13-11-9)5-6-12(2,3)8-10/h4-8H2,1-3H3/q+1. The van der Waals surface area contributed by atoms with Gasteiger partial charge in [-0.15, -0.1) is 0 Å². The molecule has 3 heteroatoms. The summed E-state index contributed by atoms with van der Waals surface area (Å²) < 4.78 is 1.08. The zero-order chi connectivity index (χ0) is 9.53. The molecule has 2 heterocycles. The Morgan fingerprint density at radius 1 is 1.54 bits per heavy atom. The van der Waals surface area contributed by atoms with E-state index in [4.69, 9.17) is 4.84 Å². The van der Waals surface area contributed by atoms with Crippen molar-refractivity contribution in [2.75, 3.05) is 27.2 Å². The lowest BCUT2D eigenvalue weighted by Crippen LogP contribution is -2.42. The fourth-order valence-corrected chi connectivity index (χ4v) is 2.45. The van der Waals surface area contributed by atoms with Crippen LogP contribution in [0.4, 0.5) is 0 Å². The highest BCUT2D eigenvalue weighted by molar-refractivity contribution is 5.85. The van der Waals surface area contributed by atoms with Crippen LogP contribution in [0.25, 0.3) is 0 Å². The molecular weight excluding hydrogens is 164 g/mol. The average molecular weight is 183 g/mol. The molecule has 74 valence electrons. The van der Waals surface area contributed by atoms with Crippen molar-refractivity contribution < 1.29 is 9.32 Å². The van der Waals surface area contributed by atoms with Gasteiger partial charge in [-0.2, -0.15) is 0 Å². The first-order valence-corrected chi connectivity index (χ1v) is 5.11. The smallest absolute Gasteiger partial charge is 0.196 e. The van der Waals surface area contributed by atoms with Crippen molar-refractivity contribution in [3.63, 3.8) is 0 Å². The van der Waals surface area contributed by atoms with Gasteiger partial charge in [-0.3, -0.25) is 0 Å². The first kappa shape index (κ1) is 9.00. The maximum Gasteiger partial charge on any atom is 0.196 e. The number of likely N-dealkylation sites (tertiary alicyclic amines) is 1. The molecule has 0 aromatic heterocycles. The number of rotatable bonds is 1. The number of likely N-dealkylation sites (N-methyl/N-ethyl adjacent to an activating group) is 1. The maximum absolute atomic E-state index is 5.61. The first-order valence-electron chi connectivity index (χ1n) is 5.11. The van der Waals surface area contributed by atoms with Crippen molar-refractivity contribution >= 4 is 5.71 Å². The van der Waals surface area contributed by atoms with E-state index in [1.165, 1.54) is 12.3 Å². The Morgan fingerprint density at radius 2 is 2.31 bits per heavy atom. The summed E-state index contributed by atoms with van der Waals surface area (Å²) in [5.74, 6) is 0. The van der Waals surface area contributed by atoms with Gasteiger partial charge in [-0.25, -0.2) is 0 Å². The summed E-state index contributed by atoms with van der Waals surface area (Å²) in [6.07, 6.45) is 3.26. The van der Waals surface area contributed by atoms with E-state index in [-0.39, 0.29) is 5.60 Å². The van der Waals surface area contributed by atoms with Gasteiger partial charge in [0.2, 0.25) is 0 Å². The molecule has 1 atom stereocenters. The molecule has 0 aliphatic carbocycles. The van der Waals surface area contributed by atoms with Crippen LogP contribution < -0.4 is 0 Å². The van der Waals surface area contributed by atoms with Gasteiger partial charge in [-0.1, -0.05) is 12.1 Å². The van der Waals surface area contributed by atoms with Gasteiger partial charge >= 0.3 is 0 Å². The maximum atomic E-state index is 5.61. The highest BCUT2D eigenvalue weighted by atomic mass is 16.7. The van der Waals surface area contributed by atoms with Gasteiger partial charge in [-0.05, 0) is 6.42 Å². The monoisotopic (exact) mass is 183 g/mol. The Morgan fingerprint density at radius 3 is 2.77 bits per heavy atom. The van der Waals surface area contributed by atoms with Gasteiger partial charge in [0, 0.05) is 12.8 Å². The van der Waals surface area contributed by atoms with Gasteiger partial charge < -0.3 is 9.32 Å². The molecule has 13 heavy (non-hydrogen) atoms. The minimum Gasteiger partial charge on any atom is -0.383 e. The van der Waals surface area contributed by atoms with Crippen LogP contribution in [0, 0.1) is 0 Å². The van der Waals surface area contributed by atoms with Crippen LogP contribution in [-0.4, -0.2) is 43.0 Å². The number of oxime groups is 1. The zero-order valence-electron chi connectivity index (χ0n) is 8.84. The number of hydrogen-bond donors (Lipinski definition) is 0. The van der Waals surface area contributed by atoms with Crippen LogP contribution in [-0.2, 0) is 4.84 Å². The van der Waals surface area contributed by atoms with E-state index in [9.17, 15) is 0 Å². The fraction of sp³-hybridized carbons (Fsp3) is 0.900. The highest BCUT2D eigenvalue weighted by Crippen LogP contribution is 2.36. The van der Waals surface area contributed by atoms with Crippen molar-refractivity contribution in [3.05, 3.63) is 0 Å². The highest BCUT2D eigenvalue weighted by Gasteiger charge is 2.50. The molecule has 0 amide bonds. The van der Waals surface area contributed by atoms with Gasteiger partial charge in [0.1, 0.15) is 6.54 Å². The van der Waals surface area contributed by atoms with E-state index in [0.717, 1.165) is 30.3 Å². The van der Waals surface area contributed by atoms with Crippen molar-refractivity contribution in [3.8, 4) is 0 Å². The molecule has 0 radical (unpaired) electrons. The zero-order valence-corrected chi connectivity index (χ0v) is 8.84. The minimum atomic E-state index is 0.0643. The molecule has 2 rings (SSSR count). The third kappa shape index (κ3) is 1.57. The average Bonchev–Trinajstić information content (AvgIpc) is 2.57. The van der Waals surface area contributed by atoms with Crippen LogP contribution in [0.1, 0.15) is 26.2 Å². The molecule has 0 saturated carbocycles. The van der Waals surface area contributed by atoms with E-state index in [1.807, 2.05) is 0 Å².